The van der Waals surface area contributed by atoms with Crippen LogP contribution < -0.4 is 0 Å². The van der Waals surface area contributed by atoms with Gasteiger partial charge in [-0.15, -0.1) is 0 Å². The predicted molar refractivity (Wildman–Crippen MR) is 81.1 cm³/mol. The summed E-state index contributed by atoms with van der Waals surface area (Å²) in [5.74, 6) is -3.01. The minimum absolute atomic E-state index is 0.0129. The summed E-state index contributed by atoms with van der Waals surface area (Å²) in [7, 11) is 0. The number of carbonyl (C=O) groups is 2. The molecule has 0 amide bonds. The van der Waals surface area contributed by atoms with Crippen molar-refractivity contribution in [2.75, 3.05) is 0 Å². The highest BCUT2D eigenvalue weighted by molar-refractivity contribution is 5.74. The summed E-state index contributed by atoms with van der Waals surface area (Å²) in [6.45, 7) is 3.80. The van der Waals surface area contributed by atoms with Gasteiger partial charge >= 0.3 is 11.9 Å². The first-order valence-electron chi connectivity index (χ1n) is 7.45. The lowest BCUT2D eigenvalue weighted by molar-refractivity contribution is -0.147. The van der Waals surface area contributed by atoms with Crippen molar-refractivity contribution < 1.29 is 19.8 Å². The lowest BCUT2D eigenvalue weighted by Crippen LogP contribution is -2.27. The van der Waals surface area contributed by atoms with Crippen molar-refractivity contribution >= 4 is 11.9 Å². The zero-order valence-electron chi connectivity index (χ0n) is 12.7. The topological polar surface area (TPSA) is 74.6 Å². The van der Waals surface area contributed by atoms with Crippen molar-refractivity contribution in [3.8, 4) is 0 Å². The van der Waals surface area contributed by atoms with E-state index in [-0.39, 0.29) is 12.3 Å². The number of aliphatic carboxylic acids is 2. The van der Waals surface area contributed by atoms with Gasteiger partial charge in [0.05, 0.1) is 11.8 Å². The average Bonchev–Trinajstić information content (AvgIpc) is 2.47. The van der Waals surface area contributed by atoms with Crippen molar-refractivity contribution in [2.45, 2.75) is 39.5 Å². The summed E-state index contributed by atoms with van der Waals surface area (Å²) in [4.78, 5) is 22.7. The zero-order valence-corrected chi connectivity index (χ0v) is 12.7. The van der Waals surface area contributed by atoms with Crippen LogP contribution in [-0.2, 0) is 16.0 Å². The highest BCUT2D eigenvalue weighted by Crippen LogP contribution is 2.26. The molecule has 1 rings (SSSR count). The van der Waals surface area contributed by atoms with Crippen molar-refractivity contribution in [1.82, 2.24) is 0 Å². The zero-order chi connectivity index (χ0) is 15.8. The molecule has 0 radical (unpaired) electrons. The minimum Gasteiger partial charge on any atom is -0.481 e. The normalized spacial score (nSPS) is 15.1. The number of hydrogen-bond acceptors (Lipinski definition) is 2. The van der Waals surface area contributed by atoms with Gasteiger partial charge in [-0.2, -0.15) is 0 Å². The van der Waals surface area contributed by atoms with Gasteiger partial charge in [-0.3, -0.25) is 9.59 Å². The Bertz CT molecular complexity index is 455. The van der Waals surface area contributed by atoms with Gasteiger partial charge in [0, 0.05) is 0 Å². The molecule has 0 aromatic heterocycles. The number of benzene rings is 1. The molecule has 0 saturated carbocycles. The third-order valence-electron chi connectivity index (χ3n) is 4.16. The number of rotatable bonds is 9. The van der Waals surface area contributed by atoms with Gasteiger partial charge in [-0.1, -0.05) is 50.6 Å². The molecule has 4 nitrogen and oxygen atoms in total. The van der Waals surface area contributed by atoms with E-state index in [2.05, 4.69) is 0 Å². The molecule has 0 spiro atoms. The van der Waals surface area contributed by atoms with Crippen LogP contribution in [0.4, 0.5) is 0 Å². The molecule has 0 aliphatic carbocycles. The van der Waals surface area contributed by atoms with Crippen molar-refractivity contribution in [2.24, 2.45) is 17.8 Å². The highest BCUT2D eigenvalue weighted by atomic mass is 16.4. The smallest absolute Gasteiger partial charge is 0.306 e. The van der Waals surface area contributed by atoms with Crippen molar-refractivity contribution in [3.63, 3.8) is 0 Å². The van der Waals surface area contributed by atoms with Crippen LogP contribution in [-0.4, -0.2) is 22.2 Å². The summed E-state index contributed by atoms with van der Waals surface area (Å²) < 4.78 is 0. The molecule has 0 bridgehead atoms. The van der Waals surface area contributed by atoms with Crippen LogP contribution in [0.2, 0.25) is 0 Å². The molecule has 0 aliphatic rings. The third-order valence-corrected chi connectivity index (χ3v) is 4.16. The van der Waals surface area contributed by atoms with Crippen LogP contribution in [0.15, 0.2) is 30.3 Å². The molecule has 0 heterocycles. The second kappa shape index (κ2) is 8.45. The van der Waals surface area contributed by atoms with E-state index in [0.29, 0.717) is 12.8 Å². The third kappa shape index (κ3) is 5.58. The Labute approximate surface area is 125 Å². The summed E-state index contributed by atoms with van der Waals surface area (Å²) in [6.07, 6.45) is 2.07. The first-order valence-corrected chi connectivity index (χ1v) is 7.45. The van der Waals surface area contributed by atoms with Gasteiger partial charge in [0.15, 0.2) is 0 Å². The molecule has 4 heteroatoms. The molecule has 3 atom stereocenters. The molecule has 1 aromatic rings. The second-order valence-electron chi connectivity index (χ2n) is 5.63. The van der Waals surface area contributed by atoms with E-state index in [1.165, 1.54) is 0 Å². The largest absolute Gasteiger partial charge is 0.481 e. The number of carboxylic acid groups (broad SMARTS) is 2. The second-order valence-corrected chi connectivity index (χ2v) is 5.63. The number of hydrogen-bond donors (Lipinski definition) is 2. The van der Waals surface area contributed by atoms with Gasteiger partial charge in [0.2, 0.25) is 0 Å². The molecular weight excluding hydrogens is 268 g/mol. The molecule has 0 fully saturated rings. The van der Waals surface area contributed by atoms with Crippen LogP contribution in [0, 0.1) is 17.8 Å². The standard InChI is InChI=1S/C17H24O4/c1-3-12(2)15(17(20)21)11-14(16(18)19)10-9-13-7-5-4-6-8-13/h4-8,12,14-15H,3,9-11H2,1-2H3,(H,18,19)(H,20,21)/t12?,14-,15?/m0/s1. The quantitative estimate of drug-likeness (QED) is 0.731. The molecule has 0 aliphatic heterocycles. The van der Waals surface area contributed by atoms with Gasteiger partial charge in [0.25, 0.3) is 0 Å². The Morgan fingerprint density at radius 3 is 2.19 bits per heavy atom. The molecule has 21 heavy (non-hydrogen) atoms. The van der Waals surface area contributed by atoms with E-state index in [4.69, 9.17) is 0 Å². The van der Waals surface area contributed by atoms with Gasteiger partial charge < -0.3 is 10.2 Å². The molecule has 116 valence electrons. The first-order chi connectivity index (χ1) is 9.95. The van der Waals surface area contributed by atoms with E-state index in [9.17, 15) is 19.8 Å². The predicted octanol–water partition coefficient (Wildman–Crippen LogP) is 3.46. The van der Waals surface area contributed by atoms with Crippen LogP contribution in [0.3, 0.4) is 0 Å². The van der Waals surface area contributed by atoms with E-state index < -0.39 is 23.8 Å². The van der Waals surface area contributed by atoms with E-state index in [1.807, 2.05) is 44.2 Å². The lowest BCUT2D eigenvalue weighted by Gasteiger charge is -2.22. The fourth-order valence-electron chi connectivity index (χ4n) is 2.50. The maximum Gasteiger partial charge on any atom is 0.306 e. The molecule has 2 unspecified atom stereocenters. The Morgan fingerprint density at radius 2 is 1.71 bits per heavy atom. The first kappa shape index (κ1) is 17.2. The number of aryl methyl sites for hydroxylation is 1. The highest BCUT2D eigenvalue weighted by Gasteiger charge is 2.30. The Kier molecular flexibility index (Phi) is 6.92. The van der Waals surface area contributed by atoms with Crippen molar-refractivity contribution in [3.05, 3.63) is 35.9 Å². The van der Waals surface area contributed by atoms with Gasteiger partial charge in [0.1, 0.15) is 0 Å². The molecule has 1 aromatic carbocycles. The summed E-state index contributed by atoms with van der Waals surface area (Å²) in [5, 5.41) is 18.6. The lowest BCUT2D eigenvalue weighted by atomic mass is 9.82. The minimum atomic E-state index is -0.902. The van der Waals surface area contributed by atoms with Crippen LogP contribution in [0.1, 0.15) is 38.7 Å². The Hall–Kier alpha value is -1.84. The SMILES string of the molecule is CCC(C)C(C[C@H](CCc1ccccc1)C(=O)O)C(=O)O. The maximum absolute atomic E-state index is 11.4. The van der Waals surface area contributed by atoms with E-state index in [1.54, 1.807) is 0 Å². The van der Waals surface area contributed by atoms with Gasteiger partial charge in [-0.25, -0.2) is 0 Å². The molecule has 2 N–H and O–H groups in total. The van der Waals surface area contributed by atoms with Crippen molar-refractivity contribution in [1.29, 1.82) is 0 Å². The summed E-state index contributed by atoms with van der Waals surface area (Å²) >= 11 is 0. The van der Waals surface area contributed by atoms with Crippen LogP contribution in [0.25, 0.3) is 0 Å². The average molecular weight is 292 g/mol. The van der Waals surface area contributed by atoms with E-state index >= 15 is 0 Å². The Morgan fingerprint density at radius 1 is 1.10 bits per heavy atom. The van der Waals surface area contributed by atoms with E-state index in [0.717, 1.165) is 12.0 Å². The number of carboxylic acids is 2. The van der Waals surface area contributed by atoms with Crippen LogP contribution in [0.5, 0.6) is 0 Å². The molecular formula is C17H24O4. The van der Waals surface area contributed by atoms with Crippen LogP contribution >= 0.6 is 0 Å². The van der Waals surface area contributed by atoms with Gasteiger partial charge in [-0.05, 0) is 30.7 Å². The fraction of sp³-hybridized carbons (Fsp3) is 0.529. The Balaban J connectivity index is 2.68. The maximum atomic E-state index is 11.4. The summed E-state index contributed by atoms with van der Waals surface area (Å²) in [6, 6.07) is 9.68. The summed E-state index contributed by atoms with van der Waals surface area (Å²) in [5.41, 5.74) is 1.08. The fourth-order valence-corrected chi connectivity index (χ4v) is 2.50. The molecule has 0 saturated heterocycles. The monoisotopic (exact) mass is 292 g/mol.